The molecule has 316 valence electrons. The van der Waals surface area contributed by atoms with Crippen LogP contribution in [0.2, 0.25) is 0 Å². The van der Waals surface area contributed by atoms with Gasteiger partial charge in [0.1, 0.15) is 55.4 Å². The number of terminal acetylenes is 1. The summed E-state index contributed by atoms with van der Waals surface area (Å²) in [5.41, 5.74) is 4.67. The van der Waals surface area contributed by atoms with Gasteiger partial charge < -0.3 is 52.1 Å². The topological polar surface area (TPSA) is 102 Å². The molecular weight excluding hydrogens is 777 g/mol. The molecule has 0 aliphatic carbocycles. The lowest BCUT2D eigenvalue weighted by Gasteiger charge is -2.52. The van der Waals surface area contributed by atoms with Crippen LogP contribution in [0.4, 0.5) is 0 Å². The molecule has 5 aromatic rings. The van der Waals surface area contributed by atoms with E-state index in [4.69, 9.17) is 58.5 Å². The zero-order valence-corrected chi connectivity index (χ0v) is 33.7. The summed E-state index contributed by atoms with van der Waals surface area (Å²) in [5, 5.41) is 0. The highest BCUT2D eigenvalue weighted by Crippen LogP contribution is 2.41. The average molecular weight is 827 g/mol. The van der Waals surface area contributed by atoms with Crippen LogP contribution < -0.4 is 0 Å². The predicted molar refractivity (Wildman–Crippen MR) is 222 cm³/mol. The first-order chi connectivity index (χ1) is 30.2. The highest BCUT2D eigenvalue weighted by Gasteiger charge is 2.57. The van der Waals surface area contributed by atoms with Crippen molar-refractivity contribution < 1.29 is 52.1 Å². The lowest BCUT2D eigenvalue weighted by atomic mass is 9.95. The molecule has 0 saturated carbocycles. The van der Waals surface area contributed by atoms with Crippen molar-refractivity contribution in [3.8, 4) is 12.3 Å². The van der Waals surface area contributed by atoms with Gasteiger partial charge in [-0.05, 0) is 16.7 Å². The van der Waals surface area contributed by atoms with Crippen molar-refractivity contribution >= 4 is 0 Å². The maximum atomic E-state index is 7.17. The summed E-state index contributed by atoms with van der Waals surface area (Å²) in [7, 11) is 0. The number of rotatable bonds is 15. The van der Waals surface area contributed by atoms with Gasteiger partial charge in [0, 0.05) is 11.1 Å². The third-order valence-electron chi connectivity index (χ3n) is 11.2. The second-order valence-electron chi connectivity index (χ2n) is 15.3. The molecule has 4 aliphatic rings. The fraction of sp³-hybridized carbons (Fsp3) is 0.360. The minimum absolute atomic E-state index is 0.0444. The van der Waals surface area contributed by atoms with Crippen LogP contribution in [0, 0.1) is 12.3 Å². The van der Waals surface area contributed by atoms with E-state index in [1.54, 1.807) is 0 Å². The number of fused-ring (bicyclic) bond motifs is 2. The van der Waals surface area contributed by atoms with Gasteiger partial charge in [0.25, 0.3) is 0 Å². The van der Waals surface area contributed by atoms with Crippen molar-refractivity contribution in [3.63, 3.8) is 0 Å². The van der Waals surface area contributed by atoms with Crippen LogP contribution in [-0.4, -0.2) is 81.2 Å². The maximum absolute atomic E-state index is 7.17. The van der Waals surface area contributed by atoms with E-state index in [1.807, 2.05) is 152 Å². The first kappa shape index (κ1) is 41.6. The maximum Gasteiger partial charge on any atom is 0.188 e. The third kappa shape index (κ3) is 10.1. The Morgan fingerprint density at radius 2 is 0.836 bits per heavy atom. The lowest BCUT2D eigenvalue weighted by molar-refractivity contribution is -0.412. The molecule has 11 heteroatoms. The number of hydrogen-bond donors (Lipinski definition) is 0. The summed E-state index contributed by atoms with van der Waals surface area (Å²) in [6.45, 7) is 1.16. The second kappa shape index (κ2) is 20.4. The number of benzene rings is 5. The molecule has 9 rings (SSSR count). The summed E-state index contributed by atoms with van der Waals surface area (Å²) < 4.78 is 73.6. The van der Waals surface area contributed by atoms with Crippen molar-refractivity contribution in [2.45, 2.75) is 93.8 Å². The summed E-state index contributed by atoms with van der Waals surface area (Å²) in [4.78, 5) is 0. The molecule has 0 bridgehead atoms. The molecule has 0 aromatic heterocycles. The fourth-order valence-electron chi connectivity index (χ4n) is 8.18. The van der Waals surface area contributed by atoms with Gasteiger partial charge in [-0.15, -0.1) is 6.42 Å². The van der Waals surface area contributed by atoms with Crippen molar-refractivity contribution in [2.24, 2.45) is 0 Å². The van der Waals surface area contributed by atoms with Gasteiger partial charge in [-0.2, -0.15) is 0 Å². The monoisotopic (exact) mass is 826 g/mol. The molecule has 0 radical (unpaired) electrons. The summed E-state index contributed by atoms with van der Waals surface area (Å²) in [6.07, 6.45) is -3.22. The molecule has 11 nitrogen and oxygen atoms in total. The van der Waals surface area contributed by atoms with Crippen LogP contribution in [0.25, 0.3) is 0 Å². The molecule has 0 unspecified atom stereocenters. The molecule has 12 atom stereocenters. The van der Waals surface area contributed by atoms with Gasteiger partial charge >= 0.3 is 0 Å². The van der Waals surface area contributed by atoms with Gasteiger partial charge in [-0.25, -0.2) is 0 Å². The van der Waals surface area contributed by atoms with Crippen LogP contribution in [0.1, 0.15) is 40.4 Å². The Hall–Kier alpha value is -4.78. The second-order valence-corrected chi connectivity index (χ2v) is 15.3. The van der Waals surface area contributed by atoms with Crippen molar-refractivity contribution in [1.29, 1.82) is 0 Å². The van der Waals surface area contributed by atoms with E-state index < -0.39 is 74.0 Å². The fourth-order valence-corrected chi connectivity index (χ4v) is 8.18. The highest BCUT2D eigenvalue weighted by molar-refractivity contribution is 5.19. The van der Waals surface area contributed by atoms with E-state index in [1.165, 1.54) is 0 Å². The molecule has 61 heavy (non-hydrogen) atoms. The lowest BCUT2D eigenvalue weighted by Crippen LogP contribution is -2.67. The largest absolute Gasteiger partial charge is 0.368 e. The molecule has 5 aromatic carbocycles. The Bertz CT molecular complexity index is 2110. The third-order valence-corrected chi connectivity index (χ3v) is 11.2. The minimum atomic E-state index is -1.05. The van der Waals surface area contributed by atoms with Gasteiger partial charge in [0.05, 0.1) is 33.0 Å². The Balaban J connectivity index is 1.07. The zero-order chi connectivity index (χ0) is 41.2. The highest BCUT2D eigenvalue weighted by atomic mass is 16.8. The number of hydrogen-bond acceptors (Lipinski definition) is 11. The van der Waals surface area contributed by atoms with Gasteiger partial charge in [-0.1, -0.05) is 158 Å². The average Bonchev–Trinajstić information content (AvgIpc) is 3.33. The van der Waals surface area contributed by atoms with Crippen LogP contribution >= 0.6 is 0 Å². The van der Waals surface area contributed by atoms with E-state index in [0.717, 1.165) is 27.8 Å². The van der Waals surface area contributed by atoms with Crippen molar-refractivity contribution in [1.82, 2.24) is 0 Å². The molecule has 4 aliphatic heterocycles. The Labute approximate surface area is 356 Å². The van der Waals surface area contributed by atoms with Crippen molar-refractivity contribution in [2.75, 3.05) is 19.8 Å². The normalized spacial score (nSPS) is 31.0. The standard InChI is InChI=1S/C50H50O11/c1-2-28-51-49-46(44(53-30-35-20-10-4-11-21-35)42-39(57-49)32-55-48(60-42)38-26-16-7-17-27-38)61-50-45(54-31-36-22-12-5-13-23-36)43(52-29-34-18-8-3-9-19-34)41-40(58-50)33-56-47(59-41)37-24-14-6-15-25-37/h1,3-27,39-50H,28-33H2/t39-,40-,41-,42-,43+,44+,45+,46+,47-,48-,49-,50+/m1/s1. The van der Waals surface area contributed by atoms with Crippen LogP contribution in [0.5, 0.6) is 0 Å². The number of ether oxygens (including phenoxy) is 11. The molecule has 0 spiro atoms. The molecular formula is C50H50O11. The summed E-state index contributed by atoms with van der Waals surface area (Å²) in [6, 6.07) is 49.5. The molecule has 4 heterocycles. The quantitative estimate of drug-likeness (QED) is 0.0985. The van der Waals surface area contributed by atoms with Crippen LogP contribution in [-0.2, 0) is 71.9 Å². The van der Waals surface area contributed by atoms with Crippen LogP contribution in [0.15, 0.2) is 152 Å². The Morgan fingerprint density at radius 1 is 0.443 bits per heavy atom. The van der Waals surface area contributed by atoms with Crippen LogP contribution in [0.3, 0.4) is 0 Å². The SMILES string of the molecule is C#CCO[C@@H]1O[C@@H]2CO[C@@H](c3ccccc3)O[C@H]2[C@H](OCc2ccccc2)[C@@H]1O[C@@H]1O[C@@H]2CO[C@@H](c3ccccc3)O[C@H]2[C@H](OCc2ccccc2)[C@@H]1OCc1ccccc1. The van der Waals surface area contributed by atoms with Gasteiger partial charge in [-0.3, -0.25) is 0 Å². The van der Waals surface area contributed by atoms with E-state index in [0.29, 0.717) is 0 Å². The van der Waals surface area contributed by atoms with E-state index in [-0.39, 0.29) is 39.6 Å². The Kier molecular flexibility index (Phi) is 13.9. The first-order valence-corrected chi connectivity index (χ1v) is 20.8. The Morgan fingerprint density at radius 3 is 1.28 bits per heavy atom. The summed E-state index contributed by atoms with van der Waals surface area (Å²) in [5.74, 6) is 2.58. The first-order valence-electron chi connectivity index (χ1n) is 20.8. The zero-order valence-electron chi connectivity index (χ0n) is 33.7. The summed E-state index contributed by atoms with van der Waals surface area (Å²) >= 11 is 0. The van der Waals surface area contributed by atoms with E-state index in [9.17, 15) is 0 Å². The minimum Gasteiger partial charge on any atom is -0.368 e. The van der Waals surface area contributed by atoms with E-state index >= 15 is 0 Å². The van der Waals surface area contributed by atoms with Gasteiger partial charge in [0.2, 0.25) is 0 Å². The van der Waals surface area contributed by atoms with Crippen molar-refractivity contribution in [3.05, 3.63) is 179 Å². The smallest absolute Gasteiger partial charge is 0.188 e. The molecule has 0 amide bonds. The van der Waals surface area contributed by atoms with Gasteiger partial charge in [0.15, 0.2) is 25.2 Å². The molecule has 0 N–H and O–H groups in total. The molecule has 4 saturated heterocycles. The molecule has 4 fully saturated rings. The van der Waals surface area contributed by atoms with E-state index in [2.05, 4.69) is 5.92 Å². The predicted octanol–water partition coefficient (Wildman–Crippen LogP) is 7.46.